The molecule has 2 aromatic carbocycles. The maximum absolute atomic E-state index is 13.3. The van der Waals surface area contributed by atoms with E-state index in [-0.39, 0.29) is 31.3 Å². The Balaban J connectivity index is 2.20. The second-order valence-electron chi connectivity index (χ2n) is 8.27. The minimum absolute atomic E-state index is 0.0773. The van der Waals surface area contributed by atoms with Crippen LogP contribution in [0.2, 0.25) is 10.0 Å². The van der Waals surface area contributed by atoms with Gasteiger partial charge in [0.05, 0.1) is 22.0 Å². The summed E-state index contributed by atoms with van der Waals surface area (Å²) >= 11 is 12.2. The molecule has 0 aliphatic rings. The maximum atomic E-state index is 13.3. The molecule has 192 valence electrons. The van der Waals surface area contributed by atoms with Gasteiger partial charge in [0.2, 0.25) is 21.8 Å². The maximum Gasteiger partial charge on any atom is 0.242 e. The smallest absolute Gasteiger partial charge is 0.242 e. The Bertz CT molecular complexity index is 1120. The molecule has 10 heteroatoms. The van der Waals surface area contributed by atoms with Crippen LogP contribution in [0.3, 0.4) is 0 Å². The highest BCUT2D eigenvalue weighted by Gasteiger charge is 2.28. The first-order valence-electron chi connectivity index (χ1n) is 11.5. The van der Waals surface area contributed by atoms with E-state index in [4.69, 9.17) is 23.2 Å². The van der Waals surface area contributed by atoms with E-state index in [0.717, 1.165) is 23.8 Å². The first-order chi connectivity index (χ1) is 16.5. The van der Waals surface area contributed by atoms with E-state index in [9.17, 15) is 18.0 Å². The zero-order chi connectivity index (χ0) is 26.2. The Labute approximate surface area is 218 Å². The lowest BCUT2D eigenvalue weighted by molar-refractivity contribution is -0.141. The molecule has 7 nitrogen and oxygen atoms in total. The molecule has 0 spiro atoms. The summed E-state index contributed by atoms with van der Waals surface area (Å²) in [6.45, 7) is 4.19. The number of benzene rings is 2. The van der Waals surface area contributed by atoms with E-state index in [1.54, 1.807) is 30.3 Å². The Kier molecular flexibility index (Phi) is 10.9. The molecular weight excluding hydrogens is 509 g/mol. The number of likely N-dealkylation sites (N-methyl/N-ethyl adjacent to an activating group) is 1. The summed E-state index contributed by atoms with van der Waals surface area (Å²) in [7, 11) is -2.01. The predicted octanol–water partition coefficient (Wildman–Crippen LogP) is 4.66. The van der Waals surface area contributed by atoms with E-state index >= 15 is 0 Å². The largest absolute Gasteiger partial charge is 0.357 e. The van der Waals surface area contributed by atoms with Crippen LogP contribution in [0.1, 0.15) is 44.2 Å². The number of hydrogen-bond donors (Lipinski definition) is 1. The monoisotopic (exact) mass is 541 g/mol. The Morgan fingerprint density at radius 1 is 1.00 bits per heavy atom. The number of nitrogens with zero attached hydrogens (tertiary/aromatic N) is 2. The summed E-state index contributed by atoms with van der Waals surface area (Å²) in [6.07, 6.45) is 2.80. The summed E-state index contributed by atoms with van der Waals surface area (Å²) in [5.74, 6) is -0.518. The molecule has 0 bridgehead atoms. The average molecular weight is 543 g/mol. The Morgan fingerprint density at radius 2 is 1.63 bits per heavy atom. The van der Waals surface area contributed by atoms with Gasteiger partial charge in [-0.15, -0.1) is 0 Å². The van der Waals surface area contributed by atoms with Crippen molar-refractivity contribution in [3.63, 3.8) is 0 Å². The molecule has 0 aromatic heterocycles. The van der Waals surface area contributed by atoms with Crippen LogP contribution in [0, 0.1) is 0 Å². The van der Waals surface area contributed by atoms with Gasteiger partial charge >= 0.3 is 0 Å². The molecule has 2 rings (SSSR count). The summed E-state index contributed by atoms with van der Waals surface area (Å²) in [4.78, 5) is 27.3. The molecule has 0 saturated heterocycles. The molecule has 2 amide bonds. The second kappa shape index (κ2) is 13.1. The van der Waals surface area contributed by atoms with Crippen molar-refractivity contribution < 1.29 is 18.0 Å². The highest BCUT2D eigenvalue weighted by atomic mass is 35.5. The van der Waals surface area contributed by atoms with Gasteiger partial charge in [-0.3, -0.25) is 13.9 Å². The quantitative estimate of drug-likeness (QED) is 0.423. The van der Waals surface area contributed by atoms with Gasteiger partial charge < -0.3 is 10.2 Å². The van der Waals surface area contributed by atoms with Crippen molar-refractivity contribution in [3.8, 4) is 0 Å². The normalized spacial score (nSPS) is 12.2. The van der Waals surface area contributed by atoms with Gasteiger partial charge in [0.1, 0.15) is 6.04 Å². The van der Waals surface area contributed by atoms with Crippen molar-refractivity contribution in [2.45, 2.75) is 52.1 Å². The Morgan fingerprint density at radius 3 is 2.14 bits per heavy atom. The lowest BCUT2D eigenvalue weighted by Gasteiger charge is -2.31. The molecule has 1 atom stereocenters. The number of anilines is 1. The number of sulfonamides is 1. The fourth-order valence-electron chi connectivity index (χ4n) is 3.82. The molecule has 0 heterocycles. The van der Waals surface area contributed by atoms with Gasteiger partial charge in [-0.1, -0.05) is 55.2 Å². The molecule has 2 aromatic rings. The number of carbonyl (C=O) groups is 2. The minimum atomic E-state index is -3.53. The van der Waals surface area contributed by atoms with E-state index < -0.39 is 16.1 Å². The Hall–Kier alpha value is -2.29. The standard InChI is InChI=1S/C25H33Cl2N3O4S/c1-5-18-9-12-20(13-10-18)30(35(4,33)34)15-7-8-24(31)29(23(6-2)25(32)28-3)17-19-11-14-21(26)22(27)16-19/h9-14,16,23H,5-8,15,17H2,1-4H3,(H,28,32). The van der Waals surface area contributed by atoms with Gasteiger partial charge in [-0.05, 0) is 54.7 Å². The van der Waals surface area contributed by atoms with Crippen LogP contribution >= 0.6 is 23.2 Å². The van der Waals surface area contributed by atoms with Crippen molar-refractivity contribution in [2.75, 3.05) is 24.2 Å². The third-order valence-corrected chi connectivity index (χ3v) is 7.69. The lowest BCUT2D eigenvalue weighted by Crippen LogP contribution is -2.48. The molecule has 0 fully saturated rings. The lowest BCUT2D eigenvalue weighted by atomic mass is 10.1. The zero-order valence-electron chi connectivity index (χ0n) is 20.6. The summed E-state index contributed by atoms with van der Waals surface area (Å²) < 4.78 is 26.2. The van der Waals surface area contributed by atoms with Crippen LogP contribution < -0.4 is 9.62 Å². The average Bonchev–Trinajstić information content (AvgIpc) is 2.82. The van der Waals surface area contributed by atoms with Gasteiger partial charge in [0.25, 0.3) is 0 Å². The van der Waals surface area contributed by atoms with Gasteiger partial charge in [-0.2, -0.15) is 0 Å². The third-order valence-electron chi connectivity index (χ3n) is 5.75. The molecular formula is C25H33Cl2N3O4S. The van der Waals surface area contributed by atoms with E-state index in [0.29, 0.717) is 28.6 Å². The van der Waals surface area contributed by atoms with Crippen LogP contribution in [0.15, 0.2) is 42.5 Å². The summed E-state index contributed by atoms with van der Waals surface area (Å²) in [5.41, 5.74) is 2.40. The number of rotatable bonds is 12. The van der Waals surface area contributed by atoms with Crippen molar-refractivity contribution in [1.82, 2.24) is 10.2 Å². The highest BCUT2D eigenvalue weighted by Crippen LogP contribution is 2.25. The SMILES string of the molecule is CCc1ccc(N(CCCC(=O)N(Cc2ccc(Cl)c(Cl)c2)C(CC)C(=O)NC)S(C)(=O)=O)cc1. The van der Waals surface area contributed by atoms with E-state index in [1.165, 1.54) is 16.3 Å². The first-order valence-corrected chi connectivity index (χ1v) is 14.1. The van der Waals surface area contributed by atoms with Crippen molar-refractivity contribution in [1.29, 1.82) is 0 Å². The molecule has 1 unspecified atom stereocenters. The molecule has 0 aliphatic carbocycles. The molecule has 1 N–H and O–H groups in total. The van der Waals surface area contributed by atoms with Crippen LogP contribution in [-0.2, 0) is 32.6 Å². The van der Waals surface area contributed by atoms with Gasteiger partial charge in [-0.25, -0.2) is 8.42 Å². The fraction of sp³-hybridized carbons (Fsp3) is 0.440. The van der Waals surface area contributed by atoms with Crippen LogP contribution in [0.25, 0.3) is 0 Å². The zero-order valence-corrected chi connectivity index (χ0v) is 22.9. The van der Waals surface area contributed by atoms with Gasteiger partial charge in [0.15, 0.2) is 0 Å². The van der Waals surface area contributed by atoms with E-state index in [2.05, 4.69) is 5.32 Å². The van der Waals surface area contributed by atoms with Crippen molar-refractivity contribution in [2.24, 2.45) is 0 Å². The first kappa shape index (κ1) is 28.9. The number of amides is 2. The minimum Gasteiger partial charge on any atom is -0.357 e. The number of hydrogen-bond acceptors (Lipinski definition) is 4. The summed E-state index contributed by atoms with van der Waals surface area (Å²) in [6, 6.07) is 11.8. The topological polar surface area (TPSA) is 86.8 Å². The van der Waals surface area contributed by atoms with Gasteiger partial charge in [0, 0.05) is 26.6 Å². The van der Waals surface area contributed by atoms with Crippen LogP contribution in [-0.4, -0.2) is 51.0 Å². The number of halogens is 2. The van der Waals surface area contributed by atoms with E-state index in [1.807, 2.05) is 26.0 Å². The number of nitrogens with one attached hydrogen (secondary N) is 1. The molecule has 0 radical (unpaired) electrons. The molecule has 0 aliphatic heterocycles. The van der Waals surface area contributed by atoms with Crippen LogP contribution in [0.4, 0.5) is 5.69 Å². The third kappa shape index (κ3) is 8.12. The number of aryl methyl sites for hydroxylation is 1. The molecule has 0 saturated carbocycles. The second-order valence-corrected chi connectivity index (χ2v) is 11.0. The van der Waals surface area contributed by atoms with Crippen LogP contribution in [0.5, 0.6) is 0 Å². The highest BCUT2D eigenvalue weighted by molar-refractivity contribution is 7.92. The van der Waals surface area contributed by atoms with Crippen molar-refractivity contribution in [3.05, 3.63) is 63.6 Å². The number of carbonyl (C=O) groups excluding carboxylic acids is 2. The summed E-state index contributed by atoms with van der Waals surface area (Å²) in [5, 5.41) is 3.38. The predicted molar refractivity (Wildman–Crippen MR) is 142 cm³/mol. The molecule has 35 heavy (non-hydrogen) atoms. The fourth-order valence-corrected chi connectivity index (χ4v) is 5.11. The van der Waals surface area contributed by atoms with Crippen molar-refractivity contribution >= 4 is 50.7 Å².